The third kappa shape index (κ3) is 3.88. The van der Waals surface area contributed by atoms with E-state index in [0.717, 1.165) is 18.7 Å². The SMILES string of the molecule is CCOC(=O)c1cnn(-c2ccc(NC(=O)N3CCc4sccc4C3)cc2)c1C. The Balaban J connectivity index is 1.43. The van der Waals surface area contributed by atoms with Gasteiger partial charge in [-0.1, -0.05) is 0 Å². The molecular weight excluding hydrogens is 388 g/mol. The molecule has 2 aromatic heterocycles. The Morgan fingerprint density at radius 1 is 1.24 bits per heavy atom. The molecule has 2 amide bonds. The van der Waals surface area contributed by atoms with Gasteiger partial charge < -0.3 is 15.0 Å². The van der Waals surface area contributed by atoms with Crippen molar-refractivity contribution in [3.63, 3.8) is 0 Å². The fraction of sp³-hybridized carbons (Fsp3) is 0.286. The van der Waals surface area contributed by atoms with Gasteiger partial charge in [-0.3, -0.25) is 0 Å². The lowest BCUT2D eigenvalue weighted by molar-refractivity contribution is 0.0525. The molecule has 1 aliphatic heterocycles. The van der Waals surface area contributed by atoms with Gasteiger partial charge in [0.05, 0.1) is 24.2 Å². The average molecular weight is 410 g/mol. The van der Waals surface area contributed by atoms with Gasteiger partial charge in [0.1, 0.15) is 5.56 Å². The van der Waals surface area contributed by atoms with Gasteiger partial charge in [0.2, 0.25) is 0 Å². The zero-order chi connectivity index (χ0) is 20.4. The Labute approximate surface area is 172 Å². The Hall–Kier alpha value is -3.13. The highest BCUT2D eigenvalue weighted by molar-refractivity contribution is 7.10. The molecule has 0 saturated heterocycles. The highest BCUT2D eigenvalue weighted by Gasteiger charge is 2.21. The van der Waals surface area contributed by atoms with Gasteiger partial charge in [-0.2, -0.15) is 5.10 Å². The second kappa shape index (κ2) is 8.08. The summed E-state index contributed by atoms with van der Waals surface area (Å²) in [7, 11) is 0. The van der Waals surface area contributed by atoms with Gasteiger partial charge in [0, 0.05) is 23.7 Å². The summed E-state index contributed by atoms with van der Waals surface area (Å²) in [5, 5.41) is 9.32. The average Bonchev–Trinajstić information content (AvgIpc) is 3.34. The third-order valence-electron chi connectivity index (χ3n) is 4.96. The lowest BCUT2D eigenvalue weighted by Gasteiger charge is -2.27. The number of ether oxygens (including phenoxy) is 1. The molecule has 4 rings (SSSR count). The van der Waals surface area contributed by atoms with E-state index < -0.39 is 0 Å². The first-order chi connectivity index (χ1) is 14.1. The van der Waals surface area contributed by atoms with Crippen molar-refractivity contribution in [2.45, 2.75) is 26.8 Å². The molecule has 0 fully saturated rings. The monoisotopic (exact) mass is 410 g/mol. The number of urea groups is 1. The zero-order valence-corrected chi connectivity index (χ0v) is 17.2. The van der Waals surface area contributed by atoms with E-state index >= 15 is 0 Å². The first-order valence-electron chi connectivity index (χ1n) is 9.50. The summed E-state index contributed by atoms with van der Waals surface area (Å²) in [4.78, 5) is 27.8. The van der Waals surface area contributed by atoms with Gasteiger partial charge in [-0.05, 0) is 61.5 Å². The highest BCUT2D eigenvalue weighted by atomic mass is 32.1. The van der Waals surface area contributed by atoms with Crippen LogP contribution in [0.2, 0.25) is 0 Å². The van der Waals surface area contributed by atoms with Crippen LogP contribution in [-0.2, 0) is 17.7 Å². The molecule has 1 aliphatic rings. The van der Waals surface area contributed by atoms with Crippen LogP contribution < -0.4 is 5.32 Å². The number of nitrogens with one attached hydrogen (secondary N) is 1. The number of hydrogen-bond donors (Lipinski definition) is 1. The van der Waals surface area contributed by atoms with Crippen LogP contribution >= 0.6 is 11.3 Å². The molecule has 29 heavy (non-hydrogen) atoms. The van der Waals surface area contributed by atoms with Crippen molar-refractivity contribution in [1.82, 2.24) is 14.7 Å². The van der Waals surface area contributed by atoms with Gasteiger partial charge in [0.15, 0.2) is 0 Å². The maximum atomic E-state index is 12.6. The van der Waals surface area contributed by atoms with E-state index in [9.17, 15) is 9.59 Å². The van der Waals surface area contributed by atoms with Gasteiger partial charge in [-0.25, -0.2) is 14.3 Å². The van der Waals surface area contributed by atoms with Crippen LogP contribution in [0.5, 0.6) is 0 Å². The second-order valence-corrected chi connectivity index (χ2v) is 7.79. The molecule has 0 radical (unpaired) electrons. The smallest absolute Gasteiger partial charge is 0.341 e. The number of thiophene rings is 1. The first kappa shape index (κ1) is 19.2. The number of esters is 1. The minimum absolute atomic E-state index is 0.102. The third-order valence-corrected chi connectivity index (χ3v) is 5.99. The van der Waals surface area contributed by atoms with E-state index in [-0.39, 0.29) is 12.0 Å². The Kier molecular flexibility index (Phi) is 5.35. The van der Waals surface area contributed by atoms with Crippen molar-refractivity contribution >= 4 is 29.0 Å². The molecule has 0 atom stereocenters. The number of aromatic nitrogens is 2. The van der Waals surface area contributed by atoms with E-state index in [1.165, 1.54) is 16.6 Å². The standard InChI is InChI=1S/C21H22N4O3S/c1-3-28-20(26)18-12-22-25(14(18)2)17-6-4-16(5-7-17)23-21(27)24-10-8-19-15(13-24)9-11-29-19/h4-7,9,11-12H,3,8,10,13H2,1-2H3,(H,23,27). The lowest BCUT2D eigenvalue weighted by Crippen LogP contribution is -2.38. The number of amides is 2. The molecule has 0 aliphatic carbocycles. The van der Waals surface area contributed by atoms with Crippen LogP contribution in [0.15, 0.2) is 41.9 Å². The molecule has 7 nitrogen and oxygen atoms in total. The van der Waals surface area contributed by atoms with E-state index in [0.29, 0.717) is 30.1 Å². The normalized spacial score (nSPS) is 13.1. The summed E-state index contributed by atoms with van der Waals surface area (Å²) in [5.74, 6) is -0.379. The molecule has 150 valence electrons. The van der Waals surface area contributed by atoms with E-state index in [2.05, 4.69) is 21.9 Å². The largest absolute Gasteiger partial charge is 0.462 e. The quantitative estimate of drug-likeness (QED) is 0.660. The Morgan fingerprint density at radius 3 is 2.79 bits per heavy atom. The number of carbonyl (C=O) groups excluding carboxylic acids is 2. The Morgan fingerprint density at radius 2 is 2.03 bits per heavy atom. The predicted molar refractivity (Wildman–Crippen MR) is 112 cm³/mol. The summed E-state index contributed by atoms with van der Waals surface area (Å²) in [6, 6.07) is 9.37. The second-order valence-electron chi connectivity index (χ2n) is 6.79. The zero-order valence-electron chi connectivity index (χ0n) is 16.3. The maximum absolute atomic E-state index is 12.6. The van der Waals surface area contributed by atoms with Crippen molar-refractivity contribution in [3.05, 3.63) is 63.6 Å². The van der Waals surface area contributed by atoms with Crippen LogP contribution in [-0.4, -0.2) is 39.8 Å². The van der Waals surface area contributed by atoms with Crippen molar-refractivity contribution in [2.24, 2.45) is 0 Å². The number of carbonyl (C=O) groups is 2. The number of rotatable bonds is 4. The predicted octanol–water partition coefficient (Wildman–Crippen LogP) is 4.01. The van der Waals surface area contributed by atoms with E-state index in [1.807, 2.05) is 36.1 Å². The number of fused-ring (bicyclic) bond motifs is 1. The van der Waals surface area contributed by atoms with Crippen LogP contribution in [0.25, 0.3) is 5.69 Å². The van der Waals surface area contributed by atoms with E-state index in [4.69, 9.17) is 4.74 Å². The number of nitrogens with zero attached hydrogens (tertiary/aromatic N) is 3. The summed E-state index contributed by atoms with van der Waals surface area (Å²) in [6.07, 6.45) is 2.42. The molecule has 1 aromatic carbocycles. The highest BCUT2D eigenvalue weighted by Crippen LogP contribution is 2.25. The minimum Gasteiger partial charge on any atom is -0.462 e. The molecule has 8 heteroatoms. The molecule has 1 N–H and O–H groups in total. The van der Waals surface area contributed by atoms with E-state index in [1.54, 1.807) is 22.9 Å². The number of anilines is 1. The summed E-state index contributed by atoms with van der Waals surface area (Å²) in [5.41, 5.74) is 3.91. The molecule has 0 saturated carbocycles. The molecular formula is C21H22N4O3S. The summed E-state index contributed by atoms with van der Waals surface area (Å²) < 4.78 is 6.73. The summed E-state index contributed by atoms with van der Waals surface area (Å²) in [6.45, 7) is 5.28. The molecule has 3 heterocycles. The molecule has 3 aromatic rings. The molecule has 0 spiro atoms. The number of benzene rings is 1. The topological polar surface area (TPSA) is 76.5 Å². The van der Waals surface area contributed by atoms with Crippen LogP contribution in [0, 0.1) is 6.92 Å². The van der Waals surface area contributed by atoms with Crippen molar-refractivity contribution < 1.29 is 14.3 Å². The minimum atomic E-state index is -0.379. The molecule has 0 bridgehead atoms. The summed E-state index contributed by atoms with van der Waals surface area (Å²) >= 11 is 1.75. The van der Waals surface area contributed by atoms with Crippen molar-refractivity contribution in [1.29, 1.82) is 0 Å². The molecule has 0 unspecified atom stereocenters. The first-order valence-corrected chi connectivity index (χ1v) is 10.4. The van der Waals surface area contributed by atoms with Crippen LogP contribution in [0.1, 0.15) is 33.4 Å². The lowest BCUT2D eigenvalue weighted by atomic mass is 10.1. The van der Waals surface area contributed by atoms with Gasteiger partial charge >= 0.3 is 12.0 Å². The van der Waals surface area contributed by atoms with Gasteiger partial charge in [0.25, 0.3) is 0 Å². The fourth-order valence-corrected chi connectivity index (χ4v) is 4.28. The maximum Gasteiger partial charge on any atom is 0.341 e. The Bertz CT molecular complexity index is 1040. The van der Waals surface area contributed by atoms with Crippen LogP contribution in [0.4, 0.5) is 10.5 Å². The van der Waals surface area contributed by atoms with Crippen LogP contribution in [0.3, 0.4) is 0 Å². The van der Waals surface area contributed by atoms with Gasteiger partial charge in [-0.15, -0.1) is 11.3 Å². The van der Waals surface area contributed by atoms with Crippen molar-refractivity contribution in [2.75, 3.05) is 18.5 Å². The fourth-order valence-electron chi connectivity index (χ4n) is 3.39. The van der Waals surface area contributed by atoms with Crippen molar-refractivity contribution in [3.8, 4) is 5.69 Å². The number of hydrogen-bond acceptors (Lipinski definition) is 5.